The minimum absolute atomic E-state index is 0.104. The average Bonchev–Trinajstić information content (AvgIpc) is 2.83. The highest BCUT2D eigenvalue weighted by Crippen LogP contribution is 2.51. The third kappa shape index (κ3) is 5.74. The van der Waals surface area contributed by atoms with Crippen molar-refractivity contribution in [3.05, 3.63) is 88.0 Å². The maximum atomic E-state index is 13.7. The lowest BCUT2D eigenvalue weighted by Gasteiger charge is -2.37. The summed E-state index contributed by atoms with van der Waals surface area (Å²) in [7, 11) is 0. The molecule has 2 aromatic carbocycles. The summed E-state index contributed by atoms with van der Waals surface area (Å²) in [6, 6.07) is 9.02. The predicted molar refractivity (Wildman–Crippen MR) is 151 cm³/mol. The molecule has 0 bridgehead atoms. The molecule has 2 atom stereocenters. The van der Waals surface area contributed by atoms with E-state index in [1.165, 1.54) is 11.1 Å². The summed E-state index contributed by atoms with van der Waals surface area (Å²) in [5.41, 5.74) is 3.25. The van der Waals surface area contributed by atoms with Gasteiger partial charge in [-0.25, -0.2) is 0 Å². The molecule has 4 nitrogen and oxygen atoms in total. The Kier molecular flexibility index (Phi) is 7.49. The number of hydrogen-bond acceptors (Lipinski definition) is 4. The molecule has 2 unspecified atom stereocenters. The van der Waals surface area contributed by atoms with Gasteiger partial charge in [-0.1, -0.05) is 53.6 Å². The second-order valence-corrected chi connectivity index (χ2v) is 11.0. The zero-order valence-corrected chi connectivity index (χ0v) is 22.9. The van der Waals surface area contributed by atoms with E-state index < -0.39 is 11.2 Å². The molecule has 0 radical (unpaired) electrons. The van der Waals surface area contributed by atoms with Crippen molar-refractivity contribution in [2.75, 3.05) is 0 Å². The summed E-state index contributed by atoms with van der Waals surface area (Å²) in [6.45, 7) is 12.4. The Hall–Kier alpha value is -3.53. The minimum Gasteiger partial charge on any atom is -0.506 e. The molecule has 37 heavy (non-hydrogen) atoms. The number of phenolic OH excluding ortho intramolecular Hbond substituents is 1. The molecule has 0 saturated heterocycles. The third-order valence-electron chi connectivity index (χ3n) is 6.98. The SMILES string of the molecule is CC(C)=CCCC1(C)C=Cc2c(O)c(C(=O)c3ccccc3)c3c(c2O1)C=CC(C)(CCC=C(C)C)O3. The van der Waals surface area contributed by atoms with Crippen molar-refractivity contribution in [3.8, 4) is 17.2 Å². The molecule has 194 valence electrons. The Morgan fingerprint density at radius 3 is 1.86 bits per heavy atom. The van der Waals surface area contributed by atoms with Gasteiger partial charge < -0.3 is 14.6 Å². The summed E-state index contributed by atoms with van der Waals surface area (Å²) in [5.74, 6) is 0.563. The lowest BCUT2D eigenvalue weighted by molar-refractivity contribution is 0.0995. The Balaban J connectivity index is 1.82. The molecule has 0 fully saturated rings. The van der Waals surface area contributed by atoms with Crippen LogP contribution in [0.5, 0.6) is 17.2 Å². The number of rotatable bonds is 8. The van der Waals surface area contributed by atoms with Crippen molar-refractivity contribution in [2.45, 2.75) is 78.4 Å². The van der Waals surface area contributed by atoms with Gasteiger partial charge in [-0.15, -0.1) is 0 Å². The van der Waals surface area contributed by atoms with E-state index in [0.29, 0.717) is 28.2 Å². The van der Waals surface area contributed by atoms with Crippen LogP contribution in [0.1, 0.15) is 94.3 Å². The number of carbonyl (C=O) groups excluding carboxylic acids is 1. The second kappa shape index (κ2) is 10.5. The van der Waals surface area contributed by atoms with Crippen LogP contribution in [0.3, 0.4) is 0 Å². The first-order valence-electron chi connectivity index (χ1n) is 13.1. The van der Waals surface area contributed by atoms with Crippen molar-refractivity contribution in [1.82, 2.24) is 0 Å². The van der Waals surface area contributed by atoms with Crippen molar-refractivity contribution in [2.24, 2.45) is 0 Å². The van der Waals surface area contributed by atoms with Crippen LogP contribution in [0, 0.1) is 0 Å². The van der Waals surface area contributed by atoms with Gasteiger partial charge in [-0.05, 0) is 91.5 Å². The van der Waals surface area contributed by atoms with Gasteiger partial charge in [0.15, 0.2) is 0 Å². The fourth-order valence-corrected chi connectivity index (χ4v) is 4.82. The van der Waals surface area contributed by atoms with Crippen molar-refractivity contribution in [3.63, 3.8) is 0 Å². The van der Waals surface area contributed by atoms with Gasteiger partial charge in [0, 0.05) is 5.56 Å². The molecule has 0 spiro atoms. The molecule has 0 aromatic heterocycles. The lowest BCUT2D eigenvalue weighted by atomic mass is 9.87. The number of phenols is 1. The van der Waals surface area contributed by atoms with Gasteiger partial charge in [-0.2, -0.15) is 0 Å². The van der Waals surface area contributed by atoms with Crippen molar-refractivity contribution >= 4 is 17.9 Å². The molecule has 2 aliphatic heterocycles. The van der Waals surface area contributed by atoms with Crippen LogP contribution in [-0.2, 0) is 0 Å². The van der Waals surface area contributed by atoms with Crippen molar-refractivity contribution < 1.29 is 19.4 Å². The number of ether oxygens (including phenoxy) is 2. The zero-order valence-electron chi connectivity index (χ0n) is 22.9. The van der Waals surface area contributed by atoms with Crippen LogP contribution in [0.4, 0.5) is 0 Å². The normalized spacial score (nSPS) is 21.2. The number of ketones is 1. The van der Waals surface area contributed by atoms with Crippen LogP contribution >= 0.6 is 0 Å². The molecular weight excluding hydrogens is 460 g/mol. The summed E-state index contributed by atoms with van der Waals surface area (Å²) >= 11 is 0. The molecule has 2 aliphatic rings. The fraction of sp³-hybridized carbons (Fsp3) is 0.364. The highest BCUT2D eigenvalue weighted by molar-refractivity contribution is 6.14. The number of fused-ring (bicyclic) bond motifs is 3. The van der Waals surface area contributed by atoms with E-state index in [2.05, 4.69) is 46.8 Å². The van der Waals surface area contributed by atoms with E-state index in [0.717, 1.165) is 25.7 Å². The molecule has 0 aliphatic carbocycles. The highest BCUT2D eigenvalue weighted by Gasteiger charge is 2.38. The maximum Gasteiger partial charge on any atom is 0.200 e. The maximum absolute atomic E-state index is 13.7. The van der Waals surface area contributed by atoms with Gasteiger partial charge in [0.1, 0.15) is 34.0 Å². The van der Waals surface area contributed by atoms with Crippen LogP contribution in [-0.4, -0.2) is 22.1 Å². The summed E-state index contributed by atoms with van der Waals surface area (Å²) in [4.78, 5) is 13.7. The molecule has 2 aromatic rings. The van der Waals surface area contributed by atoms with Gasteiger partial charge >= 0.3 is 0 Å². The zero-order chi connectivity index (χ0) is 26.8. The van der Waals surface area contributed by atoms with Gasteiger partial charge in [-0.3, -0.25) is 4.79 Å². The third-order valence-corrected chi connectivity index (χ3v) is 6.98. The minimum atomic E-state index is -0.622. The van der Waals surface area contributed by atoms with Crippen LogP contribution in [0.2, 0.25) is 0 Å². The molecular formula is C33H38O4. The quantitative estimate of drug-likeness (QED) is 0.293. The van der Waals surface area contributed by atoms with E-state index in [-0.39, 0.29) is 17.1 Å². The van der Waals surface area contributed by atoms with Crippen LogP contribution in [0.25, 0.3) is 12.2 Å². The van der Waals surface area contributed by atoms with E-state index in [9.17, 15) is 9.90 Å². The molecule has 4 rings (SSSR count). The smallest absolute Gasteiger partial charge is 0.200 e. The van der Waals surface area contributed by atoms with Crippen LogP contribution in [0.15, 0.2) is 65.8 Å². The number of hydrogen-bond donors (Lipinski definition) is 1. The average molecular weight is 499 g/mol. The second-order valence-electron chi connectivity index (χ2n) is 11.0. The molecule has 4 heteroatoms. The molecule has 0 amide bonds. The Bertz CT molecular complexity index is 1300. The topological polar surface area (TPSA) is 55.8 Å². The largest absolute Gasteiger partial charge is 0.506 e. The summed E-state index contributed by atoms with van der Waals surface area (Å²) in [5, 5.41) is 11.5. The van der Waals surface area contributed by atoms with Gasteiger partial charge in [0.25, 0.3) is 0 Å². The lowest BCUT2D eigenvalue weighted by Crippen LogP contribution is -2.35. The first-order valence-corrected chi connectivity index (χ1v) is 13.1. The molecule has 0 saturated carbocycles. The number of aromatic hydroxyl groups is 1. The molecule has 2 heterocycles. The number of carbonyl (C=O) groups is 1. The van der Waals surface area contributed by atoms with E-state index in [1.807, 2.05) is 49.4 Å². The van der Waals surface area contributed by atoms with E-state index in [4.69, 9.17) is 9.47 Å². The highest BCUT2D eigenvalue weighted by atomic mass is 16.5. The molecule has 1 N–H and O–H groups in total. The summed E-state index contributed by atoms with van der Waals surface area (Å²) < 4.78 is 13.2. The standard InChI is InChI=1S/C33H38O4/c1-22(2)12-10-18-32(5)20-16-25-29(35)27(28(34)24-14-8-7-9-15-24)31-26(30(25)36-32)17-21-33(6,37-31)19-11-13-23(3)4/h7-9,12-17,20-21,35H,10-11,18-19H2,1-6H3. The van der Waals surface area contributed by atoms with Gasteiger partial charge in [0.05, 0.1) is 11.1 Å². The Labute approximate surface area is 221 Å². The number of allylic oxidation sites excluding steroid dienone is 4. The fourth-order valence-electron chi connectivity index (χ4n) is 4.82. The van der Waals surface area contributed by atoms with E-state index in [1.54, 1.807) is 12.1 Å². The van der Waals surface area contributed by atoms with Gasteiger partial charge in [0.2, 0.25) is 5.78 Å². The first kappa shape index (κ1) is 26.5. The summed E-state index contributed by atoms with van der Waals surface area (Å²) in [6.07, 6.45) is 15.6. The monoisotopic (exact) mass is 498 g/mol. The van der Waals surface area contributed by atoms with Crippen LogP contribution < -0.4 is 9.47 Å². The Morgan fingerprint density at radius 1 is 0.811 bits per heavy atom. The van der Waals surface area contributed by atoms with Crippen molar-refractivity contribution in [1.29, 1.82) is 0 Å². The number of benzene rings is 2. The predicted octanol–water partition coefficient (Wildman–Crippen LogP) is 8.44. The van der Waals surface area contributed by atoms with E-state index >= 15 is 0 Å². The first-order chi connectivity index (χ1) is 17.5. The Morgan fingerprint density at radius 2 is 1.32 bits per heavy atom.